The number of hydrogen-bond donors (Lipinski definition) is 1. The van der Waals surface area contributed by atoms with Crippen molar-refractivity contribution in [2.75, 3.05) is 26.3 Å². The molecule has 0 aromatic heterocycles. The first-order valence-electron chi connectivity index (χ1n) is 4.05. The maximum absolute atomic E-state index is 11.2. The van der Waals surface area contributed by atoms with Gasteiger partial charge in [0.05, 0.1) is 18.4 Å². The average molecular weight is 169 g/mol. The molecule has 2 aliphatic heterocycles. The standard InChI is InChI=1S/C8H11NO3/c10-7-5-11-4-6(7)8-3-9-1-2-12-8/h4,8-9H,1-3,5H2. The summed E-state index contributed by atoms with van der Waals surface area (Å²) in [5, 5.41) is 3.16. The lowest BCUT2D eigenvalue weighted by molar-refractivity contribution is -0.117. The fraction of sp³-hybridized carbons (Fsp3) is 0.625. The summed E-state index contributed by atoms with van der Waals surface area (Å²) in [6.45, 7) is 2.41. The summed E-state index contributed by atoms with van der Waals surface area (Å²) in [5.41, 5.74) is 0.669. The van der Waals surface area contributed by atoms with E-state index in [1.165, 1.54) is 6.26 Å². The van der Waals surface area contributed by atoms with E-state index in [0.717, 1.165) is 6.54 Å². The Labute approximate surface area is 70.5 Å². The summed E-state index contributed by atoms with van der Waals surface area (Å²) in [6.07, 6.45) is 1.41. The minimum absolute atomic E-state index is 0.0451. The van der Waals surface area contributed by atoms with Crippen LogP contribution in [-0.2, 0) is 14.3 Å². The highest BCUT2D eigenvalue weighted by Crippen LogP contribution is 2.15. The fourth-order valence-corrected chi connectivity index (χ4v) is 1.38. The number of Topliss-reactive ketones (excluding diaryl/α,β-unsaturated/α-hetero) is 1. The van der Waals surface area contributed by atoms with Gasteiger partial charge >= 0.3 is 0 Å². The molecule has 1 fully saturated rings. The number of morpholine rings is 1. The Hall–Kier alpha value is -0.870. The molecule has 1 atom stereocenters. The molecule has 2 heterocycles. The lowest BCUT2D eigenvalue weighted by atomic mass is 10.1. The second kappa shape index (κ2) is 3.25. The molecule has 0 amide bonds. The van der Waals surface area contributed by atoms with Gasteiger partial charge in [-0.3, -0.25) is 4.79 Å². The number of hydrogen-bond acceptors (Lipinski definition) is 4. The van der Waals surface area contributed by atoms with E-state index in [1.807, 2.05) is 0 Å². The molecular weight excluding hydrogens is 158 g/mol. The van der Waals surface area contributed by atoms with E-state index in [-0.39, 0.29) is 18.5 Å². The minimum atomic E-state index is -0.103. The summed E-state index contributed by atoms with van der Waals surface area (Å²) >= 11 is 0. The Bertz CT molecular complexity index is 218. The normalized spacial score (nSPS) is 29.8. The van der Waals surface area contributed by atoms with E-state index in [1.54, 1.807) is 0 Å². The zero-order valence-electron chi connectivity index (χ0n) is 6.71. The topological polar surface area (TPSA) is 47.6 Å². The molecule has 0 bridgehead atoms. The summed E-state index contributed by atoms with van der Waals surface area (Å²) in [5.74, 6) is 0.0451. The highest BCUT2D eigenvalue weighted by molar-refractivity contribution is 5.98. The number of rotatable bonds is 1. The average Bonchev–Trinajstić information content (AvgIpc) is 2.53. The van der Waals surface area contributed by atoms with Gasteiger partial charge in [0, 0.05) is 13.1 Å². The molecule has 4 heteroatoms. The quantitative estimate of drug-likeness (QED) is 0.572. The Morgan fingerprint density at radius 2 is 2.50 bits per heavy atom. The second-order valence-corrected chi connectivity index (χ2v) is 2.87. The van der Waals surface area contributed by atoms with E-state index in [4.69, 9.17) is 9.47 Å². The summed E-state index contributed by atoms with van der Waals surface area (Å²) in [6, 6.07) is 0. The van der Waals surface area contributed by atoms with Crippen LogP contribution in [0.25, 0.3) is 0 Å². The number of ketones is 1. The Morgan fingerprint density at radius 3 is 3.08 bits per heavy atom. The molecule has 0 spiro atoms. The zero-order chi connectivity index (χ0) is 8.39. The molecule has 1 unspecified atom stereocenters. The molecule has 0 radical (unpaired) electrons. The van der Waals surface area contributed by atoms with Crippen LogP contribution in [0.15, 0.2) is 11.8 Å². The van der Waals surface area contributed by atoms with Gasteiger partial charge in [-0.05, 0) is 0 Å². The maximum Gasteiger partial charge on any atom is 0.201 e. The molecule has 2 rings (SSSR count). The van der Waals surface area contributed by atoms with Crippen molar-refractivity contribution in [2.24, 2.45) is 0 Å². The van der Waals surface area contributed by atoms with Gasteiger partial charge in [-0.2, -0.15) is 0 Å². The number of carbonyl (C=O) groups excluding carboxylic acids is 1. The first-order valence-corrected chi connectivity index (χ1v) is 4.05. The van der Waals surface area contributed by atoms with Crippen LogP contribution in [0.5, 0.6) is 0 Å². The van der Waals surface area contributed by atoms with Crippen molar-refractivity contribution in [2.45, 2.75) is 6.10 Å². The van der Waals surface area contributed by atoms with Crippen LogP contribution in [0.4, 0.5) is 0 Å². The molecule has 12 heavy (non-hydrogen) atoms. The summed E-state index contributed by atoms with van der Waals surface area (Å²) < 4.78 is 10.3. The van der Waals surface area contributed by atoms with E-state index in [0.29, 0.717) is 18.7 Å². The number of ether oxygens (including phenoxy) is 2. The molecule has 0 aromatic rings. The third-order valence-electron chi connectivity index (χ3n) is 2.02. The van der Waals surface area contributed by atoms with Gasteiger partial charge in [0.15, 0.2) is 6.61 Å². The molecular formula is C8H11NO3. The van der Waals surface area contributed by atoms with Gasteiger partial charge in [0.1, 0.15) is 6.10 Å². The van der Waals surface area contributed by atoms with Gasteiger partial charge in [0.2, 0.25) is 5.78 Å². The van der Waals surface area contributed by atoms with Crippen LogP contribution in [0, 0.1) is 0 Å². The summed E-state index contributed by atoms with van der Waals surface area (Å²) in [4.78, 5) is 11.2. The minimum Gasteiger partial charge on any atom is -0.493 e. The van der Waals surface area contributed by atoms with Crippen molar-refractivity contribution in [3.05, 3.63) is 11.8 Å². The van der Waals surface area contributed by atoms with Crippen LogP contribution >= 0.6 is 0 Å². The van der Waals surface area contributed by atoms with E-state index < -0.39 is 0 Å². The Balaban J connectivity index is 2.02. The van der Waals surface area contributed by atoms with Crippen molar-refractivity contribution in [1.29, 1.82) is 0 Å². The van der Waals surface area contributed by atoms with Crippen LogP contribution in [0.3, 0.4) is 0 Å². The van der Waals surface area contributed by atoms with Gasteiger partial charge in [0.25, 0.3) is 0 Å². The SMILES string of the molecule is O=C1COC=C1C1CNCCO1. The predicted molar refractivity (Wildman–Crippen MR) is 41.7 cm³/mol. The fourth-order valence-electron chi connectivity index (χ4n) is 1.38. The highest BCUT2D eigenvalue weighted by Gasteiger charge is 2.27. The first-order chi connectivity index (χ1) is 5.88. The maximum atomic E-state index is 11.2. The van der Waals surface area contributed by atoms with Gasteiger partial charge in [-0.1, -0.05) is 0 Å². The number of carbonyl (C=O) groups is 1. The van der Waals surface area contributed by atoms with Crippen molar-refractivity contribution in [3.8, 4) is 0 Å². The van der Waals surface area contributed by atoms with E-state index >= 15 is 0 Å². The molecule has 1 saturated heterocycles. The predicted octanol–water partition coefficient (Wildman–Crippen LogP) is -0.542. The van der Waals surface area contributed by atoms with Crippen molar-refractivity contribution < 1.29 is 14.3 Å². The van der Waals surface area contributed by atoms with Gasteiger partial charge in [-0.15, -0.1) is 0 Å². The largest absolute Gasteiger partial charge is 0.493 e. The molecule has 66 valence electrons. The van der Waals surface area contributed by atoms with Crippen molar-refractivity contribution >= 4 is 5.78 Å². The van der Waals surface area contributed by atoms with Gasteiger partial charge < -0.3 is 14.8 Å². The third kappa shape index (κ3) is 1.35. The van der Waals surface area contributed by atoms with Crippen molar-refractivity contribution in [1.82, 2.24) is 5.32 Å². The van der Waals surface area contributed by atoms with Crippen LogP contribution in [0.1, 0.15) is 0 Å². The molecule has 1 N–H and O–H groups in total. The van der Waals surface area contributed by atoms with E-state index in [9.17, 15) is 4.79 Å². The summed E-state index contributed by atoms with van der Waals surface area (Å²) in [7, 11) is 0. The van der Waals surface area contributed by atoms with Crippen LogP contribution in [-0.4, -0.2) is 38.2 Å². The first kappa shape index (κ1) is 7.76. The van der Waals surface area contributed by atoms with E-state index in [2.05, 4.69) is 5.32 Å². The zero-order valence-corrected chi connectivity index (χ0v) is 6.71. The monoisotopic (exact) mass is 169 g/mol. The lowest BCUT2D eigenvalue weighted by Gasteiger charge is -2.22. The van der Waals surface area contributed by atoms with Crippen LogP contribution < -0.4 is 5.32 Å². The molecule has 0 aromatic carbocycles. The second-order valence-electron chi connectivity index (χ2n) is 2.87. The molecule has 4 nitrogen and oxygen atoms in total. The van der Waals surface area contributed by atoms with Crippen LogP contribution in [0.2, 0.25) is 0 Å². The lowest BCUT2D eigenvalue weighted by Crippen LogP contribution is -2.40. The number of nitrogens with one attached hydrogen (secondary N) is 1. The third-order valence-corrected chi connectivity index (χ3v) is 2.02. The Kier molecular flexibility index (Phi) is 2.10. The van der Waals surface area contributed by atoms with Gasteiger partial charge in [-0.25, -0.2) is 0 Å². The molecule has 0 saturated carbocycles. The smallest absolute Gasteiger partial charge is 0.201 e. The highest BCUT2D eigenvalue weighted by atomic mass is 16.5. The molecule has 2 aliphatic rings. The Morgan fingerprint density at radius 1 is 1.58 bits per heavy atom. The van der Waals surface area contributed by atoms with Crippen molar-refractivity contribution in [3.63, 3.8) is 0 Å². The molecule has 0 aliphatic carbocycles.